The summed E-state index contributed by atoms with van der Waals surface area (Å²) in [7, 11) is 1.60. The number of fused-ring (bicyclic) bond motifs is 1. The van der Waals surface area contributed by atoms with E-state index in [0.29, 0.717) is 11.1 Å². The normalized spacial score (nSPS) is 13.5. The molecule has 0 aliphatic carbocycles. The quantitative estimate of drug-likeness (QED) is 0.616. The van der Waals surface area contributed by atoms with E-state index in [2.05, 4.69) is 5.10 Å². The van der Waals surface area contributed by atoms with E-state index in [9.17, 15) is 14.4 Å². The fraction of sp³-hybridized carbons (Fsp3) is 0.143. The third-order valence-corrected chi connectivity index (χ3v) is 3.23. The zero-order valence-corrected chi connectivity index (χ0v) is 11.1. The fourth-order valence-corrected chi connectivity index (χ4v) is 2.13. The Morgan fingerprint density at radius 3 is 2.29 bits per heavy atom. The van der Waals surface area contributed by atoms with Crippen LogP contribution in [0.2, 0.25) is 0 Å². The molecule has 0 radical (unpaired) electrons. The molecule has 7 nitrogen and oxygen atoms in total. The van der Waals surface area contributed by atoms with Gasteiger partial charge in [0, 0.05) is 13.2 Å². The molecule has 0 fully saturated rings. The number of hydrogen-bond donors (Lipinski definition) is 0. The molecule has 0 atom stereocenters. The number of aryl methyl sites for hydroxylation is 1. The molecule has 0 saturated heterocycles. The number of carbonyl (C=O) groups excluding carboxylic acids is 3. The van der Waals surface area contributed by atoms with Crippen LogP contribution in [0.5, 0.6) is 0 Å². The molecule has 1 aromatic carbocycles. The molecule has 1 aliphatic heterocycles. The lowest BCUT2D eigenvalue weighted by Crippen LogP contribution is -2.33. The lowest BCUT2D eigenvalue weighted by molar-refractivity contribution is 0.0220. The Labute approximate surface area is 119 Å². The van der Waals surface area contributed by atoms with Gasteiger partial charge in [-0.05, 0) is 18.2 Å². The first-order valence-electron chi connectivity index (χ1n) is 6.20. The van der Waals surface area contributed by atoms with E-state index in [4.69, 9.17) is 4.74 Å². The summed E-state index contributed by atoms with van der Waals surface area (Å²) >= 11 is 0. The highest BCUT2D eigenvalue weighted by Crippen LogP contribution is 2.22. The Balaban J connectivity index is 1.73. The Bertz CT molecular complexity index is 715. The Morgan fingerprint density at radius 2 is 1.76 bits per heavy atom. The summed E-state index contributed by atoms with van der Waals surface area (Å²) in [5, 5.41) is 3.85. The average Bonchev–Trinajstić information content (AvgIpc) is 3.01. The number of ether oxygens (including phenoxy) is 1. The molecule has 1 aliphatic rings. The Kier molecular flexibility index (Phi) is 3.02. The minimum absolute atomic E-state index is 0.242. The summed E-state index contributed by atoms with van der Waals surface area (Å²) in [5.41, 5.74) is 0.879. The van der Waals surface area contributed by atoms with Crippen molar-refractivity contribution in [2.75, 3.05) is 6.73 Å². The van der Waals surface area contributed by atoms with Crippen molar-refractivity contribution in [3.63, 3.8) is 0 Å². The predicted molar refractivity (Wildman–Crippen MR) is 70.4 cm³/mol. The maximum Gasteiger partial charge on any atom is 0.358 e. The summed E-state index contributed by atoms with van der Waals surface area (Å²) < 4.78 is 6.36. The number of hydrogen-bond acceptors (Lipinski definition) is 5. The van der Waals surface area contributed by atoms with Crippen LogP contribution in [-0.2, 0) is 11.8 Å². The second kappa shape index (κ2) is 4.86. The van der Waals surface area contributed by atoms with Crippen molar-refractivity contribution in [1.82, 2.24) is 14.7 Å². The van der Waals surface area contributed by atoms with Crippen molar-refractivity contribution in [2.45, 2.75) is 0 Å². The van der Waals surface area contributed by atoms with E-state index >= 15 is 0 Å². The number of amides is 2. The van der Waals surface area contributed by atoms with E-state index in [-0.39, 0.29) is 5.69 Å². The van der Waals surface area contributed by atoms with E-state index in [0.717, 1.165) is 4.90 Å². The van der Waals surface area contributed by atoms with Gasteiger partial charge in [0.1, 0.15) is 5.69 Å². The van der Waals surface area contributed by atoms with Crippen LogP contribution in [0.1, 0.15) is 31.2 Å². The van der Waals surface area contributed by atoms with E-state index in [1.54, 1.807) is 31.3 Å². The molecule has 0 spiro atoms. The van der Waals surface area contributed by atoms with Gasteiger partial charge < -0.3 is 4.74 Å². The van der Waals surface area contributed by atoms with Gasteiger partial charge in [-0.15, -0.1) is 0 Å². The van der Waals surface area contributed by atoms with Gasteiger partial charge >= 0.3 is 5.97 Å². The largest absolute Gasteiger partial charge is 0.439 e. The molecule has 0 unspecified atom stereocenters. The van der Waals surface area contributed by atoms with Crippen molar-refractivity contribution in [1.29, 1.82) is 0 Å². The number of carbonyl (C=O) groups is 3. The smallest absolute Gasteiger partial charge is 0.358 e. The topological polar surface area (TPSA) is 81.5 Å². The highest BCUT2D eigenvalue weighted by molar-refractivity contribution is 6.21. The van der Waals surface area contributed by atoms with E-state index in [1.165, 1.54) is 16.9 Å². The standard InChI is InChI=1S/C14H11N3O4/c1-16-11(6-7-15-16)14(20)21-8-17-12(18)9-4-2-3-5-10(9)13(17)19/h2-7H,8H2,1H3. The predicted octanol–water partition coefficient (Wildman–Crippen LogP) is 0.831. The van der Waals surface area contributed by atoms with Gasteiger partial charge in [-0.25, -0.2) is 9.69 Å². The van der Waals surface area contributed by atoms with Crippen LogP contribution in [0, 0.1) is 0 Å². The van der Waals surface area contributed by atoms with Gasteiger partial charge in [0.25, 0.3) is 11.8 Å². The highest BCUT2D eigenvalue weighted by atomic mass is 16.5. The number of benzene rings is 1. The number of nitrogens with zero attached hydrogens (tertiary/aromatic N) is 3. The molecule has 0 N–H and O–H groups in total. The van der Waals surface area contributed by atoms with Crippen LogP contribution in [0.15, 0.2) is 36.5 Å². The molecule has 2 aromatic rings. The van der Waals surface area contributed by atoms with Crippen LogP contribution in [0.25, 0.3) is 0 Å². The molecule has 2 heterocycles. The average molecular weight is 285 g/mol. The van der Waals surface area contributed by atoms with Gasteiger partial charge in [0.15, 0.2) is 6.73 Å². The van der Waals surface area contributed by atoms with E-state index < -0.39 is 24.5 Å². The van der Waals surface area contributed by atoms with Crippen LogP contribution in [0.4, 0.5) is 0 Å². The zero-order chi connectivity index (χ0) is 15.0. The van der Waals surface area contributed by atoms with Crippen LogP contribution in [-0.4, -0.2) is 39.2 Å². The molecule has 21 heavy (non-hydrogen) atoms. The van der Waals surface area contributed by atoms with Crippen molar-refractivity contribution < 1.29 is 19.1 Å². The first-order chi connectivity index (χ1) is 10.1. The van der Waals surface area contributed by atoms with Gasteiger partial charge in [0.05, 0.1) is 11.1 Å². The van der Waals surface area contributed by atoms with E-state index in [1.807, 2.05) is 0 Å². The van der Waals surface area contributed by atoms with Gasteiger partial charge in [-0.3, -0.25) is 14.3 Å². The maximum absolute atomic E-state index is 12.1. The fourth-order valence-electron chi connectivity index (χ4n) is 2.13. The van der Waals surface area contributed by atoms with Crippen molar-refractivity contribution in [3.05, 3.63) is 53.3 Å². The third kappa shape index (κ3) is 2.08. The molecule has 0 bridgehead atoms. The molecule has 3 rings (SSSR count). The lowest BCUT2D eigenvalue weighted by atomic mass is 10.1. The monoisotopic (exact) mass is 285 g/mol. The molecule has 1 aromatic heterocycles. The Hall–Kier alpha value is -2.96. The summed E-state index contributed by atoms with van der Waals surface area (Å²) in [5.74, 6) is -1.58. The van der Waals surface area contributed by atoms with Crippen LogP contribution in [0.3, 0.4) is 0 Å². The van der Waals surface area contributed by atoms with Gasteiger partial charge in [-0.2, -0.15) is 5.10 Å². The molecule has 2 amide bonds. The number of aromatic nitrogens is 2. The summed E-state index contributed by atoms with van der Waals surface area (Å²) in [4.78, 5) is 36.9. The van der Waals surface area contributed by atoms with Crippen LogP contribution < -0.4 is 0 Å². The summed E-state index contributed by atoms with van der Waals surface area (Å²) in [6, 6.07) is 7.98. The minimum atomic E-state index is -0.647. The van der Waals surface area contributed by atoms with Gasteiger partial charge in [0.2, 0.25) is 0 Å². The van der Waals surface area contributed by atoms with Crippen molar-refractivity contribution in [2.24, 2.45) is 7.05 Å². The third-order valence-electron chi connectivity index (χ3n) is 3.23. The maximum atomic E-state index is 12.1. The molecular formula is C14H11N3O4. The lowest BCUT2D eigenvalue weighted by Gasteiger charge is -2.13. The second-order valence-electron chi connectivity index (χ2n) is 4.48. The zero-order valence-electron chi connectivity index (χ0n) is 11.1. The number of rotatable bonds is 3. The summed E-state index contributed by atoms with van der Waals surface area (Å²) in [6.45, 7) is -0.420. The number of esters is 1. The Morgan fingerprint density at radius 1 is 1.14 bits per heavy atom. The van der Waals surface area contributed by atoms with Crippen molar-refractivity contribution in [3.8, 4) is 0 Å². The SMILES string of the molecule is Cn1nccc1C(=O)OCN1C(=O)c2ccccc2C1=O. The first-order valence-corrected chi connectivity index (χ1v) is 6.20. The van der Waals surface area contributed by atoms with Crippen molar-refractivity contribution >= 4 is 17.8 Å². The highest BCUT2D eigenvalue weighted by Gasteiger charge is 2.35. The van der Waals surface area contributed by atoms with Crippen LogP contribution >= 0.6 is 0 Å². The molecular weight excluding hydrogens is 274 g/mol. The minimum Gasteiger partial charge on any atom is -0.439 e. The molecule has 0 saturated carbocycles. The van der Waals surface area contributed by atoms with Gasteiger partial charge in [-0.1, -0.05) is 12.1 Å². The summed E-state index contributed by atoms with van der Waals surface area (Å²) in [6.07, 6.45) is 1.46. The second-order valence-corrected chi connectivity index (χ2v) is 4.48. The molecule has 106 valence electrons. The molecule has 7 heteroatoms. The first kappa shape index (κ1) is 13.0. The number of imide groups is 1.